The number of ether oxygens (including phenoxy) is 1. The van der Waals surface area contributed by atoms with Crippen LogP contribution < -0.4 is 10.1 Å². The summed E-state index contributed by atoms with van der Waals surface area (Å²) in [6, 6.07) is 12.5. The van der Waals surface area contributed by atoms with Crippen LogP contribution in [0.15, 0.2) is 36.4 Å². The third-order valence-electron chi connectivity index (χ3n) is 5.02. The summed E-state index contributed by atoms with van der Waals surface area (Å²) in [5.41, 5.74) is 1.22. The van der Waals surface area contributed by atoms with Crippen LogP contribution in [0.2, 0.25) is 0 Å². The summed E-state index contributed by atoms with van der Waals surface area (Å²) >= 11 is 0. The average molecular weight is 422 g/mol. The number of hydrogen-bond acceptors (Lipinski definition) is 4. The van der Waals surface area contributed by atoms with E-state index in [-0.39, 0.29) is 0 Å². The number of nitrogens with one attached hydrogen (secondary N) is 1. The third kappa shape index (κ3) is 9.31. The summed E-state index contributed by atoms with van der Waals surface area (Å²) in [5, 5.41) is 5.73. The smallest absolute Gasteiger partial charge is 0.316 e. The van der Waals surface area contributed by atoms with Gasteiger partial charge in [-0.1, -0.05) is 75.8 Å². The van der Waals surface area contributed by atoms with Crippen LogP contribution in [0.5, 0.6) is 5.75 Å². The van der Waals surface area contributed by atoms with Gasteiger partial charge in [-0.25, -0.2) is 0 Å². The van der Waals surface area contributed by atoms with Crippen molar-refractivity contribution in [1.29, 1.82) is 0 Å². The van der Waals surface area contributed by atoms with Crippen LogP contribution in [0.1, 0.15) is 63.9 Å². The first-order valence-corrected chi connectivity index (χ1v) is 12.2. The summed E-state index contributed by atoms with van der Waals surface area (Å²) in [4.78, 5) is 8.66. The molecule has 0 aliphatic rings. The van der Waals surface area contributed by atoms with Gasteiger partial charge in [0.1, 0.15) is 5.75 Å². The molecule has 2 aromatic rings. The standard InChI is InChI=1S/C23H36NO4P/c1-2-3-4-5-6-7-10-17-27-23-15-14-20(21-12-8-9-13-22(21)23)19-24-16-11-18-28-29(25)26/h8-9,12-15,24,29H,2-7,10-11,16-19H2,1H3,(H,25,26). The lowest BCUT2D eigenvalue weighted by molar-refractivity contribution is 0.276. The number of unbranched alkanes of at least 4 members (excludes halogenated alkanes) is 6. The predicted octanol–water partition coefficient (Wildman–Crippen LogP) is 5.85. The molecule has 6 heteroatoms. The molecule has 0 spiro atoms. The molecule has 0 aliphatic carbocycles. The molecule has 0 amide bonds. The summed E-state index contributed by atoms with van der Waals surface area (Å²) in [6.45, 7) is 4.79. The first kappa shape index (κ1) is 23.9. The molecule has 5 nitrogen and oxygen atoms in total. The highest BCUT2D eigenvalue weighted by molar-refractivity contribution is 7.32. The highest BCUT2D eigenvalue weighted by Gasteiger charge is 2.07. The van der Waals surface area contributed by atoms with E-state index < -0.39 is 8.25 Å². The van der Waals surface area contributed by atoms with Crippen molar-refractivity contribution in [2.75, 3.05) is 19.8 Å². The van der Waals surface area contributed by atoms with Crippen molar-refractivity contribution in [3.05, 3.63) is 42.0 Å². The molecule has 0 radical (unpaired) electrons. The molecule has 29 heavy (non-hydrogen) atoms. The normalized spacial score (nSPS) is 12.3. The van der Waals surface area contributed by atoms with E-state index in [1.165, 1.54) is 49.5 Å². The van der Waals surface area contributed by atoms with E-state index in [9.17, 15) is 4.57 Å². The Balaban J connectivity index is 1.79. The Morgan fingerprint density at radius 3 is 2.38 bits per heavy atom. The summed E-state index contributed by atoms with van der Waals surface area (Å²) in [6.07, 6.45) is 9.68. The number of fused-ring (bicyclic) bond motifs is 1. The first-order valence-electron chi connectivity index (χ1n) is 10.9. The number of rotatable bonds is 16. The molecule has 1 unspecified atom stereocenters. The minimum absolute atomic E-state index is 0.299. The van der Waals surface area contributed by atoms with Crippen molar-refractivity contribution in [2.45, 2.75) is 64.8 Å². The summed E-state index contributed by atoms with van der Waals surface area (Å²) in [7, 11) is -2.82. The number of benzene rings is 2. The van der Waals surface area contributed by atoms with Crippen molar-refractivity contribution < 1.29 is 18.7 Å². The van der Waals surface area contributed by atoms with Gasteiger partial charge in [-0.05, 0) is 36.4 Å². The lowest BCUT2D eigenvalue weighted by Gasteiger charge is -2.13. The predicted molar refractivity (Wildman–Crippen MR) is 121 cm³/mol. The van der Waals surface area contributed by atoms with E-state index in [1.807, 2.05) is 0 Å². The fourth-order valence-electron chi connectivity index (χ4n) is 3.43. The Kier molecular flexibility index (Phi) is 12.0. The Labute approximate surface area is 175 Å². The van der Waals surface area contributed by atoms with Gasteiger partial charge >= 0.3 is 8.25 Å². The fraction of sp³-hybridized carbons (Fsp3) is 0.565. The first-order chi connectivity index (χ1) is 14.2. The zero-order valence-corrected chi connectivity index (χ0v) is 18.6. The molecular formula is C23H36NO4P. The molecule has 0 heterocycles. The topological polar surface area (TPSA) is 67.8 Å². The molecule has 0 saturated heterocycles. The highest BCUT2D eigenvalue weighted by Crippen LogP contribution is 2.29. The van der Waals surface area contributed by atoms with E-state index in [4.69, 9.17) is 14.2 Å². The van der Waals surface area contributed by atoms with Crippen LogP contribution in [0.4, 0.5) is 0 Å². The zero-order chi connectivity index (χ0) is 20.7. The maximum Gasteiger partial charge on any atom is 0.316 e. The molecule has 2 rings (SSSR count). The lowest BCUT2D eigenvalue weighted by Crippen LogP contribution is -2.16. The number of hydrogen-bond donors (Lipinski definition) is 2. The largest absolute Gasteiger partial charge is 0.493 e. The van der Waals surface area contributed by atoms with Gasteiger partial charge in [-0.15, -0.1) is 0 Å². The van der Waals surface area contributed by atoms with Crippen molar-refractivity contribution in [2.24, 2.45) is 0 Å². The van der Waals surface area contributed by atoms with E-state index in [0.29, 0.717) is 13.0 Å². The van der Waals surface area contributed by atoms with Crippen LogP contribution in [0.25, 0.3) is 10.8 Å². The molecule has 2 aromatic carbocycles. The summed E-state index contributed by atoms with van der Waals surface area (Å²) in [5.74, 6) is 0.955. The van der Waals surface area contributed by atoms with Gasteiger partial charge in [-0.2, -0.15) is 0 Å². The average Bonchev–Trinajstić information content (AvgIpc) is 2.73. The Hall–Kier alpha value is -1.39. The van der Waals surface area contributed by atoms with Crippen molar-refractivity contribution >= 4 is 19.0 Å². The van der Waals surface area contributed by atoms with Gasteiger partial charge in [0.05, 0.1) is 13.2 Å². The maximum atomic E-state index is 10.5. The van der Waals surface area contributed by atoms with Crippen LogP contribution in [0.3, 0.4) is 0 Å². The van der Waals surface area contributed by atoms with Gasteiger partial charge < -0.3 is 19.5 Å². The van der Waals surface area contributed by atoms with Crippen LogP contribution in [-0.4, -0.2) is 24.7 Å². The van der Waals surface area contributed by atoms with Gasteiger partial charge in [-0.3, -0.25) is 4.57 Å². The zero-order valence-electron chi connectivity index (χ0n) is 17.6. The van der Waals surface area contributed by atoms with Crippen LogP contribution in [0, 0.1) is 0 Å². The van der Waals surface area contributed by atoms with Crippen molar-refractivity contribution in [3.8, 4) is 5.75 Å². The Morgan fingerprint density at radius 1 is 0.897 bits per heavy atom. The van der Waals surface area contributed by atoms with Gasteiger partial charge in [0.25, 0.3) is 0 Å². The molecule has 0 fully saturated rings. The second kappa shape index (κ2) is 14.6. The van der Waals surface area contributed by atoms with Gasteiger partial charge in [0, 0.05) is 11.9 Å². The Morgan fingerprint density at radius 2 is 1.62 bits per heavy atom. The minimum Gasteiger partial charge on any atom is -0.493 e. The second-order valence-corrected chi connectivity index (χ2v) is 8.20. The van der Waals surface area contributed by atoms with Gasteiger partial charge in [0.2, 0.25) is 0 Å². The molecular weight excluding hydrogens is 385 g/mol. The molecule has 0 bridgehead atoms. The van der Waals surface area contributed by atoms with Crippen molar-refractivity contribution in [3.63, 3.8) is 0 Å². The monoisotopic (exact) mass is 421 g/mol. The second-order valence-electron chi connectivity index (χ2n) is 7.38. The van der Waals surface area contributed by atoms with E-state index >= 15 is 0 Å². The maximum absolute atomic E-state index is 10.5. The lowest BCUT2D eigenvalue weighted by atomic mass is 10.0. The van der Waals surface area contributed by atoms with Crippen LogP contribution in [-0.2, 0) is 15.6 Å². The molecule has 0 aromatic heterocycles. The van der Waals surface area contributed by atoms with Crippen molar-refractivity contribution in [1.82, 2.24) is 5.32 Å². The Bertz CT molecular complexity index is 738. The SMILES string of the molecule is CCCCCCCCCOc1ccc(CNCCCO[PH](=O)O)c2ccccc12. The third-order valence-corrected chi connectivity index (χ3v) is 5.47. The molecule has 162 valence electrons. The quantitative estimate of drug-likeness (QED) is 0.263. The van der Waals surface area contributed by atoms with E-state index in [1.54, 1.807) is 0 Å². The molecule has 0 saturated carbocycles. The molecule has 1 atom stereocenters. The summed E-state index contributed by atoms with van der Waals surface area (Å²) < 4.78 is 21.3. The highest BCUT2D eigenvalue weighted by atomic mass is 31.1. The molecule has 0 aliphatic heterocycles. The fourth-order valence-corrected chi connectivity index (χ4v) is 3.75. The van der Waals surface area contributed by atoms with Gasteiger partial charge in [0.15, 0.2) is 0 Å². The van der Waals surface area contributed by atoms with Crippen LogP contribution >= 0.6 is 8.25 Å². The van der Waals surface area contributed by atoms with E-state index in [0.717, 1.165) is 37.3 Å². The van der Waals surface area contributed by atoms with E-state index in [2.05, 4.69) is 48.6 Å². The molecule has 2 N–H and O–H groups in total. The minimum atomic E-state index is -2.82.